The van der Waals surface area contributed by atoms with Crippen LogP contribution in [0, 0.1) is 0 Å². The van der Waals surface area contributed by atoms with Crippen LogP contribution in [0.2, 0.25) is 0 Å². The lowest BCUT2D eigenvalue weighted by Gasteiger charge is -2.09. The van der Waals surface area contributed by atoms with Gasteiger partial charge in [0, 0.05) is 22.7 Å². The summed E-state index contributed by atoms with van der Waals surface area (Å²) in [4.78, 5) is 14.1. The van der Waals surface area contributed by atoms with Crippen LogP contribution < -0.4 is 11.2 Å². The van der Waals surface area contributed by atoms with Gasteiger partial charge in [0.05, 0.1) is 0 Å². The summed E-state index contributed by atoms with van der Waals surface area (Å²) in [6.07, 6.45) is 1.66. The number of aromatic amines is 1. The number of rotatable bonds is 3. The van der Waals surface area contributed by atoms with E-state index < -0.39 is 11.9 Å². The van der Waals surface area contributed by atoms with Gasteiger partial charge in [-0.15, -0.1) is 0 Å². The van der Waals surface area contributed by atoms with Crippen molar-refractivity contribution in [1.29, 1.82) is 0 Å². The molecule has 2 rings (SSSR count). The van der Waals surface area contributed by atoms with Crippen LogP contribution in [0.4, 0.5) is 0 Å². The molecule has 1 heterocycles. The first kappa shape index (κ1) is 9.70. The number of nitrogens with one attached hydrogen (secondary N) is 2. The molecule has 0 saturated carbocycles. The second kappa shape index (κ2) is 3.72. The Balaban J connectivity index is 2.55. The molecule has 1 unspecified atom stereocenters. The number of para-hydroxylation sites is 1. The van der Waals surface area contributed by atoms with Crippen molar-refractivity contribution in [3.63, 3.8) is 0 Å². The number of hydrogen-bond donors (Lipinski definition) is 4. The van der Waals surface area contributed by atoms with Gasteiger partial charge in [0.15, 0.2) is 0 Å². The third-order valence-electron chi connectivity index (χ3n) is 2.35. The molecule has 15 heavy (non-hydrogen) atoms. The first-order valence-corrected chi connectivity index (χ1v) is 4.49. The number of benzene rings is 1. The Labute approximate surface area is 85.9 Å². The maximum atomic E-state index is 11.1. The third kappa shape index (κ3) is 1.58. The van der Waals surface area contributed by atoms with Gasteiger partial charge in [0.2, 0.25) is 5.91 Å². The van der Waals surface area contributed by atoms with Crippen molar-refractivity contribution in [1.82, 2.24) is 10.5 Å². The number of aromatic nitrogens is 1. The molecular formula is C10H11N3O2. The number of nitrogens with two attached hydrogens (primary N) is 1. The molecule has 0 radical (unpaired) electrons. The fraction of sp³-hybridized carbons (Fsp3) is 0.100. The molecule has 1 aromatic carbocycles. The van der Waals surface area contributed by atoms with E-state index in [9.17, 15) is 4.79 Å². The number of carbonyl (C=O) groups excluding carboxylic acids is 1. The van der Waals surface area contributed by atoms with E-state index in [0.717, 1.165) is 10.9 Å². The lowest BCUT2D eigenvalue weighted by molar-refractivity contribution is -0.122. The van der Waals surface area contributed by atoms with Crippen molar-refractivity contribution in [3.8, 4) is 0 Å². The fourth-order valence-corrected chi connectivity index (χ4v) is 1.62. The fourth-order valence-electron chi connectivity index (χ4n) is 1.62. The number of hydroxylamine groups is 1. The van der Waals surface area contributed by atoms with Gasteiger partial charge in [-0.2, -0.15) is 5.48 Å². The normalized spacial score (nSPS) is 12.9. The standard InChI is InChI=1S/C10H11N3O2/c11-10(14)9(13-15)7-5-12-8-4-2-1-3-6(7)8/h1-5,9,12-13,15H,(H2,11,14). The van der Waals surface area contributed by atoms with Crippen molar-refractivity contribution in [2.24, 2.45) is 5.73 Å². The van der Waals surface area contributed by atoms with Crippen LogP contribution in [0.15, 0.2) is 30.5 Å². The SMILES string of the molecule is NC(=O)C(NO)c1c[nH]c2ccccc12. The monoisotopic (exact) mass is 205 g/mol. The maximum Gasteiger partial charge on any atom is 0.241 e. The van der Waals surface area contributed by atoms with Crippen molar-refractivity contribution >= 4 is 16.8 Å². The van der Waals surface area contributed by atoms with Crippen LogP contribution in [-0.4, -0.2) is 16.1 Å². The Morgan fingerprint density at radius 1 is 1.47 bits per heavy atom. The molecule has 5 N–H and O–H groups in total. The number of fused-ring (bicyclic) bond motifs is 1. The topological polar surface area (TPSA) is 91.1 Å². The minimum atomic E-state index is -0.888. The lowest BCUT2D eigenvalue weighted by Crippen LogP contribution is -2.31. The minimum Gasteiger partial charge on any atom is -0.368 e. The summed E-state index contributed by atoms with van der Waals surface area (Å²) in [5.41, 5.74) is 8.59. The predicted molar refractivity (Wildman–Crippen MR) is 55.2 cm³/mol. The van der Waals surface area contributed by atoms with Gasteiger partial charge in [0.25, 0.3) is 0 Å². The second-order valence-corrected chi connectivity index (χ2v) is 3.25. The molecule has 1 amide bonds. The van der Waals surface area contributed by atoms with Gasteiger partial charge >= 0.3 is 0 Å². The van der Waals surface area contributed by atoms with Crippen LogP contribution in [-0.2, 0) is 4.79 Å². The number of hydrogen-bond acceptors (Lipinski definition) is 3. The highest BCUT2D eigenvalue weighted by Gasteiger charge is 2.19. The van der Waals surface area contributed by atoms with E-state index in [4.69, 9.17) is 10.9 Å². The number of primary amides is 1. The molecule has 0 saturated heterocycles. The summed E-state index contributed by atoms with van der Waals surface area (Å²) < 4.78 is 0. The zero-order valence-electron chi connectivity index (χ0n) is 7.90. The van der Waals surface area contributed by atoms with E-state index in [-0.39, 0.29) is 0 Å². The highest BCUT2D eigenvalue weighted by atomic mass is 16.5. The van der Waals surface area contributed by atoms with Crippen molar-refractivity contribution in [3.05, 3.63) is 36.0 Å². The van der Waals surface area contributed by atoms with Crippen molar-refractivity contribution < 1.29 is 10.0 Å². The first-order valence-electron chi connectivity index (χ1n) is 4.49. The number of amides is 1. The number of carbonyl (C=O) groups is 1. The molecule has 1 atom stereocenters. The van der Waals surface area contributed by atoms with Crippen LogP contribution in [0.25, 0.3) is 10.9 Å². The van der Waals surface area contributed by atoms with Gasteiger partial charge in [-0.05, 0) is 6.07 Å². The molecule has 78 valence electrons. The Hall–Kier alpha value is -1.85. The van der Waals surface area contributed by atoms with E-state index in [1.165, 1.54) is 0 Å². The summed E-state index contributed by atoms with van der Waals surface area (Å²) in [7, 11) is 0. The Bertz CT molecular complexity index is 492. The Morgan fingerprint density at radius 3 is 2.87 bits per heavy atom. The predicted octanol–water partition coefficient (Wildman–Crippen LogP) is 0.673. The summed E-state index contributed by atoms with van der Waals surface area (Å²) in [6, 6.07) is 6.59. The molecule has 5 nitrogen and oxygen atoms in total. The Morgan fingerprint density at radius 2 is 2.20 bits per heavy atom. The maximum absolute atomic E-state index is 11.1. The van der Waals surface area contributed by atoms with Gasteiger partial charge in [0.1, 0.15) is 6.04 Å². The van der Waals surface area contributed by atoms with E-state index in [2.05, 4.69) is 4.98 Å². The summed E-state index contributed by atoms with van der Waals surface area (Å²) >= 11 is 0. The molecule has 0 aliphatic carbocycles. The smallest absolute Gasteiger partial charge is 0.241 e. The summed E-state index contributed by atoms with van der Waals surface area (Å²) in [5.74, 6) is -0.623. The molecule has 0 aliphatic rings. The average molecular weight is 205 g/mol. The zero-order chi connectivity index (χ0) is 10.8. The minimum absolute atomic E-state index is 0.623. The van der Waals surface area contributed by atoms with E-state index in [1.807, 2.05) is 29.7 Å². The quantitative estimate of drug-likeness (QED) is 0.555. The van der Waals surface area contributed by atoms with Crippen molar-refractivity contribution in [2.75, 3.05) is 0 Å². The second-order valence-electron chi connectivity index (χ2n) is 3.25. The highest BCUT2D eigenvalue weighted by Crippen LogP contribution is 2.23. The molecule has 2 aromatic rings. The molecule has 0 fully saturated rings. The van der Waals surface area contributed by atoms with E-state index in [0.29, 0.717) is 5.56 Å². The molecule has 5 heteroatoms. The third-order valence-corrected chi connectivity index (χ3v) is 2.35. The van der Waals surface area contributed by atoms with E-state index >= 15 is 0 Å². The van der Waals surface area contributed by atoms with E-state index in [1.54, 1.807) is 6.20 Å². The van der Waals surface area contributed by atoms with Gasteiger partial charge in [-0.3, -0.25) is 4.79 Å². The summed E-state index contributed by atoms with van der Waals surface area (Å²) in [5, 5.41) is 9.73. The zero-order valence-corrected chi connectivity index (χ0v) is 7.90. The van der Waals surface area contributed by atoms with Crippen molar-refractivity contribution in [2.45, 2.75) is 6.04 Å². The molecule has 0 bridgehead atoms. The first-order chi connectivity index (χ1) is 7.24. The average Bonchev–Trinajstić information content (AvgIpc) is 2.63. The van der Waals surface area contributed by atoms with Crippen LogP contribution in [0.1, 0.15) is 11.6 Å². The highest BCUT2D eigenvalue weighted by molar-refractivity contribution is 5.90. The Kier molecular flexibility index (Phi) is 2.40. The van der Waals surface area contributed by atoms with Crippen LogP contribution >= 0.6 is 0 Å². The van der Waals surface area contributed by atoms with Crippen LogP contribution in [0.5, 0.6) is 0 Å². The molecule has 0 aliphatic heterocycles. The van der Waals surface area contributed by atoms with Crippen LogP contribution in [0.3, 0.4) is 0 Å². The molecular weight excluding hydrogens is 194 g/mol. The van der Waals surface area contributed by atoms with Gasteiger partial charge in [-0.25, -0.2) is 0 Å². The molecule has 1 aromatic heterocycles. The largest absolute Gasteiger partial charge is 0.368 e. The van der Waals surface area contributed by atoms with Gasteiger partial charge in [-0.1, -0.05) is 18.2 Å². The lowest BCUT2D eigenvalue weighted by atomic mass is 10.1. The van der Waals surface area contributed by atoms with Gasteiger partial charge < -0.3 is 15.9 Å². The summed E-state index contributed by atoms with van der Waals surface area (Å²) in [6.45, 7) is 0. The number of H-pyrrole nitrogens is 1. The molecule has 0 spiro atoms.